The molecule has 1 aliphatic rings. The third-order valence-electron chi connectivity index (χ3n) is 3.48. The van der Waals surface area contributed by atoms with Crippen molar-refractivity contribution in [2.45, 2.75) is 29.4 Å². The molecular weight excluding hydrogens is 270 g/mol. The van der Waals surface area contributed by atoms with Crippen LogP contribution in [0.3, 0.4) is 0 Å². The van der Waals surface area contributed by atoms with Crippen LogP contribution in [0.5, 0.6) is 0 Å². The Morgan fingerprint density at radius 2 is 1.83 bits per heavy atom. The number of halogens is 1. The van der Waals surface area contributed by atoms with Gasteiger partial charge in [-0.25, -0.2) is 8.42 Å². The molecule has 1 fully saturated rings. The lowest BCUT2D eigenvalue weighted by molar-refractivity contribution is 0.349. The molecule has 0 aliphatic carbocycles. The zero-order valence-corrected chi connectivity index (χ0v) is 12.0. The van der Waals surface area contributed by atoms with Crippen LogP contribution in [0.15, 0.2) is 29.2 Å². The van der Waals surface area contributed by atoms with E-state index in [1.54, 1.807) is 24.3 Å². The second-order valence-corrected chi connectivity index (χ2v) is 7.52. The molecule has 0 aromatic heterocycles. The highest BCUT2D eigenvalue weighted by atomic mass is 35.5. The van der Waals surface area contributed by atoms with E-state index >= 15 is 0 Å². The van der Waals surface area contributed by atoms with Crippen molar-refractivity contribution in [3.63, 3.8) is 0 Å². The van der Waals surface area contributed by atoms with Crippen LogP contribution < -0.4 is 0 Å². The van der Waals surface area contributed by atoms with Crippen molar-refractivity contribution in [1.29, 1.82) is 0 Å². The SMILES string of the molecule is CN1CCCC(S(=O)(=O)c2ccc(Cl)cc2)CC1. The maximum atomic E-state index is 12.5. The van der Waals surface area contributed by atoms with Crippen molar-refractivity contribution in [2.24, 2.45) is 0 Å². The van der Waals surface area contributed by atoms with E-state index < -0.39 is 9.84 Å². The zero-order chi connectivity index (χ0) is 13.2. The normalized spacial score (nSPS) is 22.7. The highest BCUT2D eigenvalue weighted by molar-refractivity contribution is 7.92. The predicted molar refractivity (Wildman–Crippen MR) is 73.8 cm³/mol. The fourth-order valence-corrected chi connectivity index (χ4v) is 4.26. The minimum absolute atomic E-state index is 0.261. The maximum absolute atomic E-state index is 12.5. The monoisotopic (exact) mass is 287 g/mol. The first kappa shape index (κ1) is 13.8. The molecule has 1 unspecified atom stereocenters. The molecule has 1 aliphatic heterocycles. The molecule has 0 N–H and O–H groups in total. The summed E-state index contributed by atoms with van der Waals surface area (Å²) in [6, 6.07) is 6.48. The van der Waals surface area contributed by atoms with Crippen LogP contribution in [0.2, 0.25) is 5.02 Å². The van der Waals surface area contributed by atoms with Gasteiger partial charge in [0.05, 0.1) is 10.1 Å². The second-order valence-electron chi connectivity index (χ2n) is 4.86. The summed E-state index contributed by atoms with van der Waals surface area (Å²) in [6.07, 6.45) is 2.39. The van der Waals surface area contributed by atoms with Crippen LogP contribution in [0.4, 0.5) is 0 Å². The Kier molecular flexibility index (Phi) is 4.30. The standard InChI is InChI=1S/C13H18ClNO2S/c1-15-9-2-3-12(8-10-15)18(16,17)13-6-4-11(14)5-7-13/h4-7,12H,2-3,8-10H2,1H3. The smallest absolute Gasteiger partial charge is 0.181 e. The summed E-state index contributed by atoms with van der Waals surface area (Å²) in [7, 11) is -1.17. The fourth-order valence-electron chi connectivity index (χ4n) is 2.34. The Morgan fingerprint density at radius 3 is 2.50 bits per heavy atom. The molecular formula is C13H18ClNO2S. The van der Waals surface area contributed by atoms with Gasteiger partial charge >= 0.3 is 0 Å². The van der Waals surface area contributed by atoms with Crippen LogP contribution in [-0.4, -0.2) is 38.7 Å². The Balaban J connectivity index is 2.22. The molecule has 2 rings (SSSR count). The van der Waals surface area contributed by atoms with Crippen molar-refractivity contribution in [3.8, 4) is 0 Å². The van der Waals surface area contributed by atoms with E-state index in [4.69, 9.17) is 11.6 Å². The van der Waals surface area contributed by atoms with Crippen molar-refractivity contribution in [2.75, 3.05) is 20.1 Å². The van der Waals surface area contributed by atoms with Crippen LogP contribution >= 0.6 is 11.6 Å². The molecule has 0 radical (unpaired) electrons. The van der Waals surface area contributed by atoms with E-state index in [0.29, 0.717) is 16.3 Å². The minimum Gasteiger partial charge on any atom is -0.306 e. The number of likely N-dealkylation sites (tertiary alicyclic amines) is 1. The summed E-state index contributed by atoms with van der Waals surface area (Å²) in [5.41, 5.74) is 0. The highest BCUT2D eigenvalue weighted by Crippen LogP contribution is 2.25. The third-order valence-corrected chi connectivity index (χ3v) is 6.01. The number of sulfone groups is 1. The molecule has 0 amide bonds. The van der Waals surface area contributed by atoms with Gasteiger partial charge in [-0.1, -0.05) is 11.6 Å². The largest absolute Gasteiger partial charge is 0.306 e. The zero-order valence-electron chi connectivity index (χ0n) is 10.5. The van der Waals surface area contributed by atoms with E-state index in [2.05, 4.69) is 4.90 Å². The number of hydrogen-bond acceptors (Lipinski definition) is 3. The van der Waals surface area contributed by atoms with Crippen LogP contribution in [0.25, 0.3) is 0 Å². The molecule has 3 nitrogen and oxygen atoms in total. The van der Waals surface area contributed by atoms with Crippen molar-refractivity contribution < 1.29 is 8.42 Å². The summed E-state index contributed by atoms with van der Waals surface area (Å²) < 4.78 is 25.0. The topological polar surface area (TPSA) is 37.4 Å². The van der Waals surface area contributed by atoms with Gasteiger partial charge in [-0.2, -0.15) is 0 Å². The van der Waals surface area contributed by atoms with Crippen molar-refractivity contribution in [1.82, 2.24) is 4.90 Å². The lowest BCUT2D eigenvalue weighted by atomic mass is 10.2. The van der Waals surface area contributed by atoms with Gasteiger partial charge in [-0.05, 0) is 63.7 Å². The van der Waals surface area contributed by atoms with E-state index in [-0.39, 0.29) is 5.25 Å². The van der Waals surface area contributed by atoms with Gasteiger partial charge in [0.15, 0.2) is 9.84 Å². The van der Waals surface area contributed by atoms with E-state index in [1.165, 1.54) is 0 Å². The first-order valence-corrected chi connectivity index (χ1v) is 8.10. The second kappa shape index (κ2) is 5.59. The van der Waals surface area contributed by atoms with Gasteiger partial charge in [0, 0.05) is 5.02 Å². The van der Waals surface area contributed by atoms with Gasteiger partial charge in [0.25, 0.3) is 0 Å². The third kappa shape index (κ3) is 3.05. The first-order valence-electron chi connectivity index (χ1n) is 6.18. The summed E-state index contributed by atoms with van der Waals surface area (Å²) in [5, 5.41) is 0.304. The van der Waals surface area contributed by atoms with Crippen molar-refractivity contribution in [3.05, 3.63) is 29.3 Å². The molecule has 1 saturated heterocycles. The fraction of sp³-hybridized carbons (Fsp3) is 0.538. The number of rotatable bonds is 2. The van der Waals surface area contributed by atoms with Crippen LogP contribution in [0.1, 0.15) is 19.3 Å². The average Bonchev–Trinajstić information content (AvgIpc) is 2.55. The number of nitrogens with zero attached hydrogens (tertiary/aromatic N) is 1. The van der Waals surface area contributed by atoms with Gasteiger partial charge in [0.2, 0.25) is 0 Å². The lowest BCUT2D eigenvalue weighted by Crippen LogP contribution is -2.24. The molecule has 5 heteroatoms. The molecule has 0 saturated carbocycles. The minimum atomic E-state index is -3.21. The summed E-state index contributed by atoms with van der Waals surface area (Å²) >= 11 is 5.79. The molecule has 1 aromatic rings. The van der Waals surface area contributed by atoms with Gasteiger partial charge in [-0.3, -0.25) is 0 Å². The summed E-state index contributed by atoms with van der Waals surface area (Å²) in [5.74, 6) is 0. The highest BCUT2D eigenvalue weighted by Gasteiger charge is 2.28. The first-order chi connectivity index (χ1) is 8.50. The molecule has 0 bridgehead atoms. The molecule has 0 spiro atoms. The molecule has 100 valence electrons. The molecule has 1 aromatic carbocycles. The van der Waals surface area contributed by atoms with Gasteiger partial charge in [-0.15, -0.1) is 0 Å². The molecule has 18 heavy (non-hydrogen) atoms. The Bertz CT molecular complexity index is 498. The number of hydrogen-bond donors (Lipinski definition) is 0. The number of benzene rings is 1. The van der Waals surface area contributed by atoms with E-state index in [1.807, 2.05) is 7.05 Å². The lowest BCUT2D eigenvalue weighted by Gasteiger charge is -2.16. The molecule has 1 atom stereocenters. The van der Waals surface area contributed by atoms with E-state index in [0.717, 1.165) is 25.9 Å². The molecule has 1 heterocycles. The van der Waals surface area contributed by atoms with Gasteiger partial charge < -0.3 is 4.90 Å². The summed E-state index contributed by atoms with van der Waals surface area (Å²) in [4.78, 5) is 2.58. The van der Waals surface area contributed by atoms with Crippen LogP contribution in [0, 0.1) is 0 Å². The van der Waals surface area contributed by atoms with Crippen LogP contribution in [-0.2, 0) is 9.84 Å². The maximum Gasteiger partial charge on any atom is 0.181 e. The predicted octanol–water partition coefficient (Wildman–Crippen LogP) is 2.60. The Labute approximate surface area is 114 Å². The Hall–Kier alpha value is -0.580. The quantitative estimate of drug-likeness (QED) is 0.839. The van der Waals surface area contributed by atoms with E-state index in [9.17, 15) is 8.42 Å². The van der Waals surface area contributed by atoms with Gasteiger partial charge in [0.1, 0.15) is 0 Å². The average molecular weight is 288 g/mol. The van der Waals surface area contributed by atoms with Crippen molar-refractivity contribution >= 4 is 21.4 Å². The summed E-state index contributed by atoms with van der Waals surface area (Å²) in [6.45, 7) is 1.82. The Morgan fingerprint density at radius 1 is 1.17 bits per heavy atom.